The SMILES string of the molecule is Brc1cccnc1Sc1nc2ccccc2[nH]1. The highest BCUT2D eigenvalue weighted by atomic mass is 79.9. The number of aromatic nitrogens is 3. The molecular weight excluding hydrogens is 298 g/mol. The number of H-pyrrole nitrogens is 1. The smallest absolute Gasteiger partial charge is 0.172 e. The van der Waals surface area contributed by atoms with Crippen LogP contribution in [0.2, 0.25) is 0 Å². The van der Waals surface area contributed by atoms with Crippen molar-refractivity contribution in [2.24, 2.45) is 0 Å². The Hall–Kier alpha value is -1.33. The molecule has 1 aromatic carbocycles. The van der Waals surface area contributed by atoms with Crippen LogP contribution >= 0.6 is 27.7 Å². The molecule has 84 valence electrons. The minimum absolute atomic E-state index is 0.852. The number of para-hydroxylation sites is 2. The number of pyridine rings is 1. The third-order valence-electron chi connectivity index (χ3n) is 2.29. The summed E-state index contributed by atoms with van der Waals surface area (Å²) in [5.41, 5.74) is 2.02. The van der Waals surface area contributed by atoms with Gasteiger partial charge in [0.05, 0.1) is 15.5 Å². The molecule has 0 fully saturated rings. The van der Waals surface area contributed by atoms with E-state index in [1.54, 1.807) is 6.20 Å². The van der Waals surface area contributed by atoms with Gasteiger partial charge in [-0.3, -0.25) is 0 Å². The molecule has 0 saturated carbocycles. The van der Waals surface area contributed by atoms with Crippen molar-refractivity contribution in [1.82, 2.24) is 15.0 Å². The van der Waals surface area contributed by atoms with Gasteiger partial charge >= 0.3 is 0 Å². The van der Waals surface area contributed by atoms with E-state index in [4.69, 9.17) is 0 Å². The highest BCUT2D eigenvalue weighted by molar-refractivity contribution is 9.10. The summed E-state index contributed by atoms with van der Waals surface area (Å²) in [6.45, 7) is 0. The van der Waals surface area contributed by atoms with Crippen LogP contribution in [-0.2, 0) is 0 Å². The fourth-order valence-electron chi connectivity index (χ4n) is 1.52. The summed E-state index contributed by atoms with van der Waals surface area (Å²) in [6.07, 6.45) is 1.77. The molecule has 0 saturated heterocycles. The van der Waals surface area contributed by atoms with E-state index in [0.717, 1.165) is 25.7 Å². The van der Waals surface area contributed by atoms with Crippen LogP contribution in [0, 0.1) is 0 Å². The van der Waals surface area contributed by atoms with Crippen LogP contribution < -0.4 is 0 Å². The predicted octanol–water partition coefficient (Wildman–Crippen LogP) is 3.87. The molecule has 2 aromatic heterocycles. The fraction of sp³-hybridized carbons (Fsp3) is 0. The van der Waals surface area contributed by atoms with Gasteiger partial charge in [0.1, 0.15) is 5.03 Å². The molecule has 0 aliphatic carbocycles. The van der Waals surface area contributed by atoms with E-state index in [1.165, 1.54) is 11.8 Å². The van der Waals surface area contributed by atoms with Gasteiger partial charge in [0.2, 0.25) is 0 Å². The summed E-state index contributed by atoms with van der Waals surface area (Å²) in [6, 6.07) is 11.8. The van der Waals surface area contributed by atoms with Gasteiger partial charge in [-0.2, -0.15) is 0 Å². The Kier molecular flexibility index (Phi) is 2.86. The number of benzene rings is 1. The van der Waals surface area contributed by atoms with Crippen molar-refractivity contribution in [1.29, 1.82) is 0 Å². The number of nitrogens with zero attached hydrogens (tertiary/aromatic N) is 2. The molecule has 0 unspecified atom stereocenters. The maximum Gasteiger partial charge on any atom is 0.172 e. The first-order chi connectivity index (χ1) is 8.33. The maximum absolute atomic E-state index is 4.50. The Bertz CT molecular complexity index is 632. The van der Waals surface area contributed by atoms with Crippen molar-refractivity contribution < 1.29 is 0 Å². The second-order valence-corrected chi connectivity index (χ2v) is 5.28. The highest BCUT2D eigenvalue weighted by Gasteiger charge is 2.07. The predicted molar refractivity (Wildman–Crippen MR) is 72.2 cm³/mol. The van der Waals surface area contributed by atoms with Gasteiger partial charge in [-0.15, -0.1) is 0 Å². The molecule has 17 heavy (non-hydrogen) atoms. The number of rotatable bonds is 2. The second-order valence-electron chi connectivity index (χ2n) is 3.45. The lowest BCUT2D eigenvalue weighted by molar-refractivity contribution is 1.05. The third-order valence-corrected chi connectivity index (χ3v) is 4.09. The Morgan fingerprint density at radius 1 is 1.12 bits per heavy atom. The minimum Gasteiger partial charge on any atom is -0.333 e. The fourth-order valence-corrected chi connectivity index (χ4v) is 2.78. The molecule has 0 atom stereocenters. The van der Waals surface area contributed by atoms with E-state index in [9.17, 15) is 0 Å². The number of fused-ring (bicyclic) bond motifs is 1. The number of hydrogen-bond donors (Lipinski definition) is 1. The summed E-state index contributed by atoms with van der Waals surface area (Å²) in [5, 5.41) is 1.76. The number of nitrogens with one attached hydrogen (secondary N) is 1. The van der Waals surface area contributed by atoms with E-state index < -0.39 is 0 Å². The van der Waals surface area contributed by atoms with Crippen LogP contribution in [0.15, 0.2) is 57.3 Å². The van der Waals surface area contributed by atoms with E-state index in [2.05, 4.69) is 30.9 Å². The normalized spacial score (nSPS) is 10.9. The van der Waals surface area contributed by atoms with Gasteiger partial charge in [0, 0.05) is 6.20 Å². The number of hydrogen-bond acceptors (Lipinski definition) is 3. The molecule has 3 aromatic rings. The zero-order chi connectivity index (χ0) is 11.7. The molecule has 0 aliphatic heterocycles. The Morgan fingerprint density at radius 3 is 2.82 bits per heavy atom. The van der Waals surface area contributed by atoms with E-state index >= 15 is 0 Å². The molecule has 1 N–H and O–H groups in total. The van der Waals surface area contributed by atoms with Gasteiger partial charge in [-0.1, -0.05) is 12.1 Å². The molecule has 3 nitrogen and oxygen atoms in total. The molecule has 3 rings (SSSR count). The molecule has 0 spiro atoms. The van der Waals surface area contributed by atoms with Gasteiger partial charge < -0.3 is 4.98 Å². The molecule has 2 heterocycles. The lowest BCUT2D eigenvalue weighted by atomic mass is 10.3. The highest BCUT2D eigenvalue weighted by Crippen LogP contribution is 2.30. The lowest BCUT2D eigenvalue weighted by Crippen LogP contribution is -1.81. The average Bonchev–Trinajstić information content (AvgIpc) is 2.74. The van der Waals surface area contributed by atoms with Crippen molar-refractivity contribution in [3.05, 3.63) is 47.1 Å². The zero-order valence-corrected chi connectivity index (χ0v) is 11.1. The van der Waals surface area contributed by atoms with Gasteiger partial charge in [-0.05, 0) is 52.0 Å². The van der Waals surface area contributed by atoms with E-state index in [0.29, 0.717) is 0 Å². The molecular formula is C12H8BrN3S. The summed E-state index contributed by atoms with van der Waals surface area (Å²) in [5.74, 6) is 0. The van der Waals surface area contributed by atoms with Crippen LogP contribution in [0.1, 0.15) is 0 Å². The first-order valence-corrected chi connectivity index (χ1v) is 6.67. The van der Waals surface area contributed by atoms with Crippen molar-refractivity contribution in [2.45, 2.75) is 10.2 Å². The largest absolute Gasteiger partial charge is 0.333 e. The summed E-state index contributed by atoms with van der Waals surface area (Å²) in [7, 11) is 0. The zero-order valence-electron chi connectivity index (χ0n) is 8.72. The quantitative estimate of drug-likeness (QED) is 0.781. The molecule has 0 aliphatic rings. The van der Waals surface area contributed by atoms with Gasteiger partial charge in [-0.25, -0.2) is 9.97 Å². The van der Waals surface area contributed by atoms with E-state index in [-0.39, 0.29) is 0 Å². The first-order valence-electron chi connectivity index (χ1n) is 5.06. The average molecular weight is 306 g/mol. The third kappa shape index (κ3) is 2.21. The number of imidazole rings is 1. The maximum atomic E-state index is 4.50. The van der Waals surface area contributed by atoms with Gasteiger partial charge in [0.15, 0.2) is 5.16 Å². The Labute approximate surface area is 111 Å². The summed E-state index contributed by atoms with van der Waals surface area (Å²) < 4.78 is 0.977. The van der Waals surface area contributed by atoms with Gasteiger partial charge in [0.25, 0.3) is 0 Å². The summed E-state index contributed by atoms with van der Waals surface area (Å²) >= 11 is 4.99. The summed E-state index contributed by atoms with van der Waals surface area (Å²) in [4.78, 5) is 12.1. The molecule has 0 bridgehead atoms. The standard InChI is InChI=1S/C12H8BrN3S/c13-8-4-3-7-14-11(8)17-12-15-9-5-1-2-6-10(9)16-12/h1-7H,(H,15,16). The lowest BCUT2D eigenvalue weighted by Gasteiger charge is -1.98. The first kappa shape index (κ1) is 10.8. The molecule has 5 heteroatoms. The van der Waals surface area contributed by atoms with Crippen LogP contribution in [0.3, 0.4) is 0 Å². The second kappa shape index (κ2) is 4.50. The minimum atomic E-state index is 0.852. The number of halogens is 1. The van der Waals surface area contributed by atoms with Crippen molar-refractivity contribution in [2.75, 3.05) is 0 Å². The number of aromatic amines is 1. The van der Waals surface area contributed by atoms with Crippen molar-refractivity contribution in [3.8, 4) is 0 Å². The monoisotopic (exact) mass is 305 g/mol. The van der Waals surface area contributed by atoms with Crippen molar-refractivity contribution >= 4 is 38.7 Å². The molecule has 0 radical (unpaired) electrons. The van der Waals surface area contributed by atoms with Crippen LogP contribution in [-0.4, -0.2) is 15.0 Å². The van der Waals surface area contributed by atoms with Crippen LogP contribution in [0.25, 0.3) is 11.0 Å². The Balaban J connectivity index is 1.98. The van der Waals surface area contributed by atoms with Crippen LogP contribution in [0.4, 0.5) is 0 Å². The van der Waals surface area contributed by atoms with Crippen molar-refractivity contribution in [3.63, 3.8) is 0 Å². The molecule has 0 amide bonds. The topological polar surface area (TPSA) is 41.6 Å². The van der Waals surface area contributed by atoms with E-state index in [1.807, 2.05) is 36.4 Å². The Morgan fingerprint density at radius 2 is 2.00 bits per heavy atom. The van der Waals surface area contributed by atoms with Crippen LogP contribution in [0.5, 0.6) is 0 Å².